The van der Waals surface area contributed by atoms with E-state index in [1.165, 1.54) is 0 Å². The molecule has 0 saturated heterocycles. The number of amides is 2. The van der Waals surface area contributed by atoms with Gasteiger partial charge in [-0.15, -0.1) is 0 Å². The van der Waals surface area contributed by atoms with Gasteiger partial charge >= 0.3 is 0 Å². The van der Waals surface area contributed by atoms with E-state index >= 15 is 0 Å². The molecule has 0 saturated carbocycles. The Hall–Kier alpha value is -2.04. The molecular weight excluding hydrogens is 371 g/mol. The molecule has 138 valence electrons. The third kappa shape index (κ3) is 5.48. The van der Waals surface area contributed by atoms with Crippen LogP contribution in [0, 0.1) is 0 Å². The first-order valence-corrected chi connectivity index (χ1v) is 9.23. The summed E-state index contributed by atoms with van der Waals surface area (Å²) in [5, 5.41) is 3.76. The molecular formula is C20H22Cl2N2O2. The Kier molecular flexibility index (Phi) is 7.49. The summed E-state index contributed by atoms with van der Waals surface area (Å²) in [5.74, 6) is -0.333. The van der Waals surface area contributed by atoms with Crippen molar-refractivity contribution in [2.45, 2.75) is 32.9 Å². The van der Waals surface area contributed by atoms with Crippen LogP contribution in [0.25, 0.3) is 0 Å². The molecule has 0 spiro atoms. The fraction of sp³-hybridized carbons (Fsp3) is 0.300. The lowest BCUT2D eigenvalue weighted by Gasteiger charge is -2.29. The molecule has 2 aromatic rings. The second-order valence-electron chi connectivity index (χ2n) is 5.99. The maximum absolute atomic E-state index is 12.9. The van der Waals surface area contributed by atoms with Gasteiger partial charge in [0.25, 0.3) is 0 Å². The van der Waals surface area contributed by atoms with E-state index in [1.54, 1.807) is 30.0 Å². The van der Waals surface area contributed by atoms with Crippen molar-refractivity contribution in [2.24, 2.45) is 0 Å². The van der Waals surface area contributed by atoms with E-state index in [0.717, 1.165) is 11.1 Å². The van der Waals surface area contributed by atoms with Gasteiger partial charge in [-0.3, -0.25) is 9.59 Å². The van der Waals surface area contributed by atoms with E-state index in [-0.39, 0.29) is 24.8 Å². The predicted octanol–water partition coefficient (Wildman–Crippen LogP) is 4.09. The average Bonchev–Trinajstić information content (AvgIpc) is 2.61. The zero-order chi connectivity index (χ0) is 19.1. The van der Waals surface area contributed by atoms with Crippen LogP contribution in [-0.4, -0.2) is 29.3 Å². The van der Waals surface area contributed by atoms with Gasteiger partial charge in [-0.2, -0.15) is 0 Å². The minimum absolute atomic E-state index is 0.138. The number of nitrogens with zero attached hydrogens (tertiary/aromatic N) is 1. The van der Waals surface area contributed by atoms with Crippen LogP contribution in [0.4, 0.5) is 0 Å². The van der Waals surface area contributed by atoms with E-state index in [9.17, 15) is 9.59 Å². The van der Waals surface area contributed by atoms with Crippen LogP contribution in [0.1, 0.15) is 25.0 Å². The van der Waals surface area contributed by atoms with Crippen molar-refractivity contribution in [1.82, 2.24) is 10.2 Å². The number of benzene rings is 2. The number of carbonyl (C=O) groups excluding carboxylic acids is 2. The number of hydrogen-bond donors (Lipinski definition) is 1. The number of carbonyl (C=O) groups is 2. The minimum Gasteiger partial charge on any atom is -0.355 e. The number of hydrogen-bond acceptors (Lipinski definition) is 2. The lowest BCUT2D eigenvalue weighted by Crippen LogP contribution is -2.48. The van der Waals surface area contributed by atoms with Crippen molar-refractivity contribution >= 4 is 35.0 Å². The van der Waals surface area contributed by atoms with Crippen LogP contribution in [0.15, 0.2) is 48.5 Å². The average molecular weight is 393 g/mol. The van der Waals surface area contributed by atoms with Crippen LogP contribution in [0.2, 0.25) is 10.0 Å². The molecule has 0 aliphatic carbocycles. The van der Waals surface area contributed by atoms with Crippen molar-refractivity contribution in [3.8, 4) is 0 Å². The molecule has 0 fully saturated rings. The first-order chi connectivity index (χ1) is 12.4. The van der Waals surface area contributed by atoms with Gasteiger partial charge in [-0.1, -0.05) is 59.6 Å². The van der Waals surface area contributed by atoms with Gasteiger partial charge in [0.2, 0.25) is 11.8 Å². The van der Waals surface area contributed by atoms with Gasteiger partial charge in [0, 0.05) is 23.1 Å². The van der Waals surface area contributed by atoms with Crippen LogP contribution in [0.5, 0.6) is 0 Å². The predicted molar refractivity (Wildman–Crippen MR) is 105 cm³/mol. The minimum atomic E-state index is -0.613. The maximum atomic E-state index is 12.9. The zero-order valence-electron chi connectivity index (χ0n) is 14.8. The fourth-order valence-electron chi connectivity index (χ4n) is 2.61. The summed E-state index contributed by atoms with van der Waals surface area (Å²) in [5.41, 5.74) is 1.64. The highest BCUT2D eigenvalue weighted by Crippen LogP contribution is 2.23. The molecule has 4 nitrogen and oxygen atoms in total. The second kappa shape index (κ2) is 9.60. The first kappa shape index (κ1) is 20.3. The van der Waals surface area contributed by atoms with Crippen LogP contribution < -0.4 is 5.32 Å². The summed E-state index contributed by atoms with van der Waals surface area (Å²) in [4.78, 5) is 26.8. The van der Waals surface area contributed by atoms with E-state index < -0.39 is 6.04 Å². The summed E-state index contributed by atoms with van der Waals surface area (Å²) in [6.07, 6.45) is 0.218. The van der Waals surface area contributed by atoms with Crippen LogP contribution in [-0.2, 0) is 22.6 Å². The van der Waals surface area contributed by atoms with Crippen LogP contribution >= 0.6 is 23.2 Å². The van der Waals surface area contributed by atoms with E-state index in [4.69, 9.17) is 23.2 Å². The topological polar surface area (TPSA) is 49.4 Å². The third-order valence-corrected chi connectivity index (χ3v) is 4.66. The van der Waals surface area contributed by atoms with Gasteiger partial charge < -0.3 is 10.2 Å². The first-order valence-electron chi connectivity index (χ1n) is 8.47. The molecule has 0 aromatic heterocycles. The van der Waals surface area contributed by atoms with Gasteiger partial charge in [-0.25, -0.2) is 0 Å². The smallest absolute Gasteiger partial charge is 0.242 e. The van der Waals surface area contributed by atoms with Crippen molar-refractivity contribution < 1.29 is 9.59 Å². The molecule has 2 rings (SSSR count). The van der Waals surface area contributed by atoms with E-state index in [2.05, 4.69) is 5.32 Å². The molecule has 0 bridgehead atoms. The molecule has 0 aliphatic heterocycles. The SMILES string of the molecule is CCNC(=O)C(C)N(Cc1ccc(Cl)cc1Cl)C(=O)Cc1ccccc1. The molecule has 1 atom stereocenters. The standard InChI is InChI=1S/C20H22Cl2N2O2/c1-3-23-20(26)14(2)24(13-16-9-10-17(21)12-18(16)22)19(25)11-15-7-5-4-6-8-15/h4-10,12,14H,3,11,13H2,1-2H3,(H,23,26). The lowest BCUT2D eigenvalue weighted by atomic mass is 10.1. The monoisotopic (exact) mass is 392 g/mol. The van der Waals surface area contributed by atoms with Gasteiger partial charge in [0.05, 0.1) is 6.42 Å². The molecule has 1 N–H and O–H groups in total. The largest absolute Gasteiger partial charge is 0.355 e. The molecule has 0 aliphatic rings. The number of rotatable bonds is 7. The molecule has 0 radical (unpaired) electrons. The summed E-state index contributed by atoms with van der Waals surface area (Å²) in [7, 11) is 0. The highest BCUT2D eigenvalue weighted by atomic mass is 35.5. The van der Waals surface area contributed by atoms with Crippen molar-refractivity contribution in [3.63, 3.8) is 0 Å². The number of halogens is 2. The lowest BCUT2D eigenvalue weighted by molar-refractivity contribution is -0.140. The normalized spacial score (nSPS) is 11.7. The Bertz CT molecular complexity index is 766. The number of nitrogens with one attached hydrogen (secondary N) is 1. The highest BCUT2D eigenvalue weighted by Gasteiger charge is 2.26. The fourth-order valence-corrected chi connectivity index (χ4v) is 3.08. The summed E-state index contributed by atoms with van der Waals surface area (Å²) >= 11 is 12.2. The quantitative estimate of drug-likeness (QED) is 0.771. The Morgan fingerprint density at radius 2 is 1.81 bits per heavy atom. The molecule has 2 amide bonds. The Morgan fingerprint density at radius 1 is 1.12 bits per heavy atom. The summed E-state index contributed by atoms with van der Waals surface area (Å²) in [6.45, 7) is 4.31. The van der Waals surface area contributed by atoms with Crippen molar-refractivity contribution in [1.29, 1.82) is 0 Å². The number of likely N-dealkylation sites (N-methyl/N-ethyl adjacent to an activating group) is 1. The van der Waals surface area contributed by atoms with Gasteiger partial charge in [0.15, 0.2) is 0 Å². The molecule has 1 unspecified atom stereocenters. The van der Waals surface area contributed by atoms with Gasteiger partial charge in [-0.05, 0) is 37.1 Å². The molecule has 2 aromatic carbocycles. The van der Waals surface area contributed by atoms with E-state index in [1.807, 2.05) is 37.3 Å². The molecule has 26 heavy (non-hydrogen) atoms. The Morgan fingerprint density at radius 3 is 2.42 bits per heavy atom. The Labute approximate surface area is 164 Å². The molecule has 6 heteroatoms. The molecule has 0 heterocycles. The maximum Gasteiger partial charge on any atom is 0.242 e. The summed E-state index contributed by atoms with van der Waals surface area (Å²) in [6, 6.07) is 14.0. The summed E-state index contributed by atoms with van der Waals surface area (Å²) < 4.78 is 0. The van der Waals surface area contributed by atoms with Crippen molar-refractivity contribution in [2.75, 3.05) is 6.54 Å². The van der Waals surface area contributed by atoms with Crippen LogP contribution in [0.3, 0.4) is 0 Å². The van der Waals surface area contributed by atoms with E-state index in [0.29, 0.717) is 16.6 Å². The van der Waals surface area contributed by atoms with Gasteiger partial charge in [0.1, 0.15) is 6.04 Å². The highest BCUT2D eigenvalue weighted by molar-refractivity contribution is 6.35. The van der Waals surface area contributed by atoms with Crippen molar-refractivity contribution in [3.05, 3.63) is 69.7 Å². The second-order valence-corrected chi connectivity index (χ2v) is 6.83. The Balaban J connectivity index is 2.25. The zero-order valence-corrected chi connectivity index (χ0v) is 16.3. The third-order valence-electron chi connectivity index (χ3n) is 4.07.